The summed E-state index contributed by atoms with van der Waals surface area (Å²) in [6.45, 7) is 1.99. The highest BCUT2D eigenvalue weighted by Gasteiger charge is 2.06. The first-order valence-electron chi connectivity index (χ1n) is 6.82. The molecule has 3 rings (SSSR count). The van der Waals surface area contributed by atoms with Crippen molar-refractivity contribution >= 4 is 16.6 Å². The summed E-state index contributed by atoms with van der Waals surface area (Å²) in [5.41, 5.74) is 2.97. The Morgan fingerprint density at radius 2 is 2.27 bits per heavy atom. The predicted octanol–water partition coefficient (Wildman–Crippen LogP) is 3.05. The van der Waals surface area contributed by atoms with E-state index in [1.54, 1.807) is 23.1 Å². The fourth-order valence-corrected chi connectivity index (χ4v) is 2.20. The molecule has 0 unspecified atom stereocenters. The summed E-state index contributed by atoms with van der Waals surface area (Å²) in [6.07, 6.45) is 5.23. The third-order valence-electron chi connectivity index (χ3n) is 3.29. The number of fused-ring (bicyclic) bond motifs is 1. The number of rotatable bonds is 4. The van der Waals surface area contributed by atoms with Gasteiger partial charge in [-0.15, -0.1) is 0 Å². The average Bonchev–Trinajstić information content (AvgIpc) is 2.93. The van der Waals surface area contributed by atoms with Crippen molar-refractivity contribution in [3.05, 3.63) is 59.8 Å². The van der Waals surface area contributed by atoms with Crippen LogP contribution in [0.5, 0.6) is 0 Å². The second-order valence-electron chi connectivity index (χ2n) is 4.99. The largest absolute Gasteiger partial charge is 0.391 e. The van der Waals surface area contributed by atoms with Crippen molar-refractivity contribution in [1.82, 2.24) is 14.8 Å². The van der Waals surface area contributed by atoms with Gasteiger partial charge < -0.3 is 4.84 Å². The highest BCUT2D eigenvalue weighted by atomic mass is 19.1. The molecule has 0 aliphatic carbocycles. The molecular weight excluding hydrogens is 283 g/mol. The van der Waals surface area contributed by atoms with Gasteiger partial charge in [-0.05, 0) is 25.1 Å². The number of halogens is 1. The Bertz CT molecular complexity index is 841. The highest BCUT2D eigenvalue weighted by molar-refractivity contribution is 5.97. The van der Waals surface area contributed by atoms with Crippen LogP contribution in [-0.4, -0.2) is 20.5 Å². The molecule has 0 spiro atoms. The average molecular weight is 298 g/mol. The standard InChI is InChI=1S/C16H15FN4O/c1-11(14-8-19-21(2)9-14)20-22-10-13-7-15(17)6-12-4-3-5-18-16(12)13/h3-9H,10H2,1-2H3/b20-11-. The number of benzene rings is 1. The molecule has 5 nitrogen and oxygen atoms in total. The number of hydrogen-bond acceptors (Lipinski definition) is 4. The van der Waals surface area contributed by atoms with Gasteiger partial charge in [0.2, 0.25) is 0 Å². The van der Waals surface area contributed by atoms with E-state index in [4.69, 9.17) is 4.84 Å². The SMILES string of the molecule is C/C(=N/OCc1cc(F)cc2cccnc12)c1cnn(C)c1. The maximum atomic E-state index is 13.6. The van der Waals surface area contributed by atoms with E-state index < -0.39 is 0 Å². The monoisotopic (exact) mass is 298 g/mol. The summed E-state index contributed by atoms with van der Waals surface area (Å²) >= 11 is 0. The molecule has 0 saturated heterocycles. The van der Waals surface area contributed by atoms with E-state index in [2.05, 4.69) is 15.2 Å². The fraction of sp³-hybridized carbons (Fsp3) is 0.188. The second-order valence-corrected chi connectivity index (χ2v) is 4.99. The molecule has 6 heteroatoms. The maximum absolute atomic E-state index is 13.6. The Kier molecular flexibility index (Phi) is 3.82. The summed E-state index contributed by atoms with van der Waals surface area (Å²) in [5, 5.41) is 8.87. The molecule has 0 aliphatic heterocycles. The molecule has 0 bridgehead atoms. The van der Waals surface area contributed by atoms with Crippen molar-refractivity contribution in [1.29, 1.82) is 0 Å². The minimum absolute atomic E-state index is 0.156. The zero-order chi connectivity index (χ0) is 15.5. The van der Waals surface area contributed by atoms with E-state index >= 15 is 0 Å². The summed E-state index contributed by atoms with van der Waals surface area (Å²) in [7, 11) is 1.84. The first-order valence-corrected chi connectivity index (χ1v) is 6.82. The second kappa shape index (κ2) is 5.93. The topological polar surface area (TPSA) is 52.3 Å². The van der Waals surface area contributed by atoms with E-state index in [-0.39, 0.29) is 12.4 Å². The minimum Gasteiger partial charge on any atom is -0.391 e. The molecule has 1 aromatic carbocycles. The van der Waals surface area contributed by atoms with Gasteiger partial charge >= 0.3 is 0 Å². The van der Waals surface area contributed by atoms with Crippen LogP contribution in [0.25, 0.3) is 10.9 Å². The van der Waals surface area contributed by atoms with Crippen LogP contribution in [0.15, 0.2) is 48.0 Å². The molecule has 2 aromatic heterocycles. The van der Waals surface area contributed by atoms with Crippen LogP contribution in [0.2, 0.25) is 0 Å². The molecule has 0 atom stereocenters. The Balaban J connectivity index is 1.79. The van der Waals surface area contributed by atoms with Crippen molar-refractivity contribution in [2.24, 2.45) is 12.2 Å². The van der Waals surface area contributed by atoms with E-state index in [9.17, 15) is 4.39 Å². The zero-order valence-electron chi connectivity index (χ0n) is 12.3. The van der Waals surface area contributed by atoms with Crippen LogP contribution in [0.1, 0.15) is 18.1 Å². The predicted molar refractivity (Wildman–Crippen MR) is 81.9 cm³/mol. The van der Waals surface area contributed by atoms with Gasteiger partial charge in [-0.3, -0.25) is 9.67 Å². The number of oxime groups is 1. The van der Waals surface area contributed by atoms with Crippen molar-refractivity contribution in [3.8, 4) is 0 Å². The van der Waals surface area contributed by atoms with Gasteiger partial charge in [0.1, 0.15) is 12.4 Å². The molecule has 0 aliphatic rings. The molecule has 0 amide bonds. The van der Waals surface area contributed by atoms with E-state index in [1.807, 2.05) is 26.2 Å². The summed E-state index contributed by atoms with van der Waals surface area (Å²) in [5.74, 6) is -0.313. The van der Waals surface area contributed by atoms with Crippen molar-refractivity contribution in [2.75, 3.05) is 0 Å². The Morgan fingerprint density at radius 1 is 1.41 bits per heavy atom. The Morgan fingerprint density at radius 3 is 3.05 bits per heavy atom. The third-order valence-corrected chi connectivity index (χ3v) is 3.29. The molecule has 0 radical (unpaired) electrons. The lowest BCUT2D eigenvalue weighted by atomic mass is 10.1. The number of nitrogens with zero attached hydrogens (tertiary/aromatic N) is 4. The molecule has 0 fully saturated rings. The normalized spacial score (nSPS) is 11.9. The first-order chi connectivity index (χ1) is 10.6. The fourth-order valence-electron chi connectivity index (χ4n) is 2.20. The van der Waals surface area contributed by atoms with Crippen LogP contribution in [0.4, 0.5) is 4.39 Å². The van der Waals surface area contributed by atoms with E-state index in [0.29, 0.717) is 11.3 Å². The zero-order valence-corrected chi connectivity index (χ0v) is 12.3. The molecule has 3 aromatic rings. The van der Waals surface area contributed by atoms with Gasteiger partial charge in [-0.25, -0.2) is 4.39 Å². The lowest BCUT2D eigenvalue weighted by Gasteiger charge is -2.05. The van der Waals surface area contributed by atoms with Gasteiger partial charge in [0.25, 0.3) is 0 Å². The van der Waals surface area contributed by atoms with Gasteiger partial charge in [0.15, 0.2) is 0 Å². The summed E-state index contributed by atoms with van der Waals surface area (Å²) < 4.78 is 15.3. The van der Waals surface area contributed by atoms with Crippen molar-refractivity contribution < 1.29 is 9.23 Å². The molecular formula is C16H15FN4O. The number of hydrogen-bond donors (Lipinski definition) is 0. The Hall–Kier alpha value is -2.76. The molecule has 112 valence electrons. The van der Waals surface area contributed by atoms with E-state index in [1.165, 1.54) is 12.1 Å². The quantitative estimate of drug-likeness (QED) is 0.549. The van der Waals surface area contributed by atoms with Crippen molar-refractivity contribution in [2.45, 2.75) is 13.5 Å². The van der Waals surface area contributed by atoms with Crippen LogP contribution < -0.4 is 0 Å². The molecule has 0 saturated carbocycles. The summed E-state index contributed by atoms with van der Waals surface area (Å²) in [4.78, 5) is 9.63. The summed E-state index contributed by atoms with van der Waals surface area (Å²) in [6, 6.07) is 6.47. The minimum atomic E-state index is -0.313. The van der Waals surface area contributed by atoms with Gasteiger partial charge in [-0.2, -0.15) is 5.10 Å². The van der Waals surface area contributed by atoms with Gasteiger partial charge in [0, 0.05) is 36.0 Å². The van der Waals surface area contributed by atoms with Gasteiger partial charge in [-0.1, -0.05) is 11.2 Å². The van der Waals surface area contributed by atoms with Crippen LogP contribution in [0, 0.1) is 5.82 Å². The highest BCUT2D eigenvalue weighted by Crippen LogP contribution is 2.19. The number of pyridine rings is 1. The van der Waals surface area contributed by atoms with Crippen LogP contribution in [0.3, 0.4) is 0 Å². The molecule has 22 heavy (non-hydrogen) atoms. The molecule has 0 N–H and O–H groups in total. The smallest absolute Gasteiger partial charge is 0.144 e. The number of aryl methyl sites for hydroxylation is 1. The first kappa shape index (κ1) is 14.2. The van der Waals surface area contributed by atoms with Gasteiger partial charge in [0.05, 0.1) is 17.4 Å². The lowest BCUT2D eigenvalue weighted by molar-refractivity contribution is 0.131. The van der Waals surface area contributed by atoms with Crippen LogP contribution >= 0.6 is 0 Å². The van der Waals surface area contributed by atoms with Crippen molar-refractivity contribution in [3.63, 3.8) is 0 Å². The maximum Gasteiger partial charge on any atom is 0.144 e. The molecule has 2 heterocycles. The number of aromatic nitrogens is 3. The van der Waals surface area contributed by atoms with Crippen LogP contribution in [-0.2, 0) is 18.5 Å². The lowest BCUT2D eigenvalue weighted by Crippen LogP contribution is -1.97. The Labute approximate surface area is 127 Å². The van der Waals surface area contributed by atoms with E-state index in [0.717, 1.165) is 16.5 Å². The third kappa shape index (κ3) is 2.95.